The number of benzene rings is 1. The number of carbonyl (C=O) groups is 2. The fourth-order valence-corrected chi connectivity index (χ4v) is 4.47. The van der Waals surface area contributed by atoms with Gasteiger partial charge in [0, 0.05) is 32.0 Å². The highest BCUT2D eigenvalue weighted by Crippen LogP contribution is 2.38. The minimum atomic E-state index is 0.118. The predicted molar refractivity (Wildman–Crippen MR) is 87.8 cm³/mol. The van der Waals surface area contributed by atoms with Gasteiger partial charge in [-0.1, -0.05) is 24.3 Å². The number of hydrogen-bond acceptors (Lipinski definition) is 2. The van der Waals surface area contributed by atoms with Crippen LogP contribution in [0.15, 0.2) is 24.3 Å². The van der Waals surface area contributed by atoms with Gasteiger partial charge in [0.15, 0.2) is 0 Å². The molecule has 2 heterocycles. The van der Waals surface area contributed by atoms with Gasteiger partial charge in [-0.2, -0.15) is 0 Å². The number of nitrogens with zero attached hydrogens (tertiary/aromatic N) is 1. The Morgan fingerprint density at radius 1 is 1.17 bits per heavy atom. The van der Waals surface area contributed by atoms with Crippen molar-refractivity contribution in [1.29, 1.82) is 0 Å². The summed E-state index contributed by atoms with van der Waals surface area (Å²) in [5.74, 6) is 0.641. The zero-order valence-electron chi connectivity index (χ0n) is 13.5. The van der Waals surface area contributed by atoms with Crippen LogP contribution in [0.2, 0.25) is 0 Å². The molecule has 1 aromatic carbocycles. The highest BCUT2D eigenvalue weighted by molar-refractivity contribution is 5.81. The van der Waals surface area contributed by atoms with Crippen molar-refractivity contribution in [2.75, 3.05) is 19.6 Å². The number of piperidine rings is 1. The van der Waals surface area contributed by atoms with Gasteiger partial charge in [-0.05, 0) is 48.6 Å². The Labute approximate surface area is 137 Å². The average molecular weight is 312 g/mol. The summed E-state index contributed by atoms with van der Waals surface area (Å²) >= 11 is 0. The minimum absolute atomic E-state index is 0.118. The van der Waals surface area contributed by atoms with Crippen molar-refractivity contribution >= 4 is 11.8 Å². The van der Waals surface area contributed by atoms with Crippen molar-refractivity contribution in [1.82, 2.24) is 10.2 Å². The summed E-state index contributed by atoms with van der Waals surface area (Å²) in [7, 11) is 0. The molecule has 1 aromatic rings. The predicted octanol–water partition coefficient (Wildman–Crippen LogP) is 1.92. The van der Waals surface area contributed by atoms with Crippen LogP contribution in [0.25, 0.3) is 0 Å². The van der Waals surface area contributed by atoms with Gasteiger partial charge in [0.2, 0.25) is 11.8 Å². The van der Waals surface area contributed by atoms with E-state index in [1.165, 1.54) is 11.1 Å². The average Bonchev–Trinajstić information content (AvgIpc) is 2.95. The smallest absolute Gasteiger partial charge is 0.226 e. The second kappa shape index (κ2) is 5.66. The van der Waals surface area contributed by atoms with Crippen molar-refractivity contribution in [2.24, 2.45) is 11.3 Å². The van der Waals surface area contributed by atoms with E-state index in [1.54, 1.807) is 0 Å². The summed E-state index contributed by atoms with van der Waals surface area (Å²) in [5.41, 5.74) is 2.87. The second-order valence-electron chi connectivity index (χ2n) is 7.49. The molecule has 2 saturated heterocycles. The Morgan fingerprint density at radius 2 is 1.91 bits per heavy atom. The molecule has 0 aromatic heterocycles. The largest absolute Gasteiger partial charge is 0.356 e. The summed E-state index contributed by atoms with van der Waals surface area (Å²) in [4.78, 5) is 26.4. The van der Waals surface area contributed by atoms with Gasteiger partial charge in [0.25, 0.3) is 0 Å². The molecular formula is C19H24N2O2. The lowest BCUT2D eigenvalue weighted by molar-refractivity contribution is -0.138. The molecule has 23 heavy (non-hydrogen) atoms. The van der Waals surface area contributed by atoms with Crippen molar-refractivity contribution in [3.63, 3.8) is 0 Å². The molecule has 1 unspecified atom stereocenters. The summed E-state index contributed by atoms with van der Waals surface area (Å²) in [6, 6.07) is 8.50. The van der Waals surface area contributed by atoms with E-state index in [2.05, 4.69) is 29.6 Å². The molecule has 122 valence electrons. The van der Waals surface area contributed by atoms with Crippen LogP contribution in [-0.4, -0.2) is 36.3 Å². The van der Waals surface area contributed by atoms with Crippen LogP contribution in [0.5, 0.6) is 0 Å². The van der Waals surface area contributed by atoms with Crippen LogP contribution < -0.4 is 5.32 Å². The summed E-state index contributed by atoms with van der Waals surface area (Å²) in [5, 5.41) is 2.96. The van der Waals surface area contributed by atoms with Crippen molar-refractivity contribution in [3.8, 4) is 0 Å². The van der Waals surface area contributed by atoms with E-state index in [0.717, 1.165) is 51.7 Å². The molecule has 4 heteroatoms. The third-order valence-corrected chi connectivity index (χ3v) is 6.03. The zero-order valence-corrected chi connectivity index (χ0v) is 13.5. The van der Waals surface area contributed by atoms with Crippen LogP contribution in [0.3, 0.4) is 0 Å². The van der Waals surface area contributed by atoms with Gasteiger partial charge in [0.05, 0.1) is 0 Å². The lowest BCUT2D eigenvalue weighted by Gasteiger charge is -2.40. The number of nitrogens with one attached hydrogen (secondary N) is 1. The van der Waals surface area contributed by atoms with Gasteiger partial charge < -0.3 is 10.2 Å². The van der Waals surface area contributed by atoms with E-state index < -0.39 is 0 Å². The maximum Gasteiger partial charge on any atom is 0.226 e. The number of carbonyl (C=O) groups excluding carboxylic acids is 2. The highest BCUT2D eigenvalue weighted by atomic mass is 16.2. The van der Waals surface area contributed by atoms with Crippen LogP contribution in [0.4, 0.5) is 0 Å². The molecule has 1 spiro atoms. The molecule has 1 N–H and O–H groups in total. The van der Waals surface area contributed by atoms with Crippen LogP contribution in [0.1, 0.15) is 36.8 Å². The topological polar surface area (TPSA) is 49.4 Å². The Morgan fingerprint density at radius 3 is 2.61 bits per heavy atom. The van der Waals surface area contributed by atoms with E-state index in [9.17, 15) is 9.59 Å². The third-order valence-electron chi connectivity index (χ3n) is 6.03. The Bertz CT molecular complexity index is 632. The molecule has 0 bridgehead atoms. The molecule has 2 aliphatic heterocycles. The van der Waals surface area contributed by atoms with Crippen molar-refractivity contribution in [3.05, 3.63) is 35.4 Å². The maximum absolute atomic E-state index is 12.9. The van der Waals surface area contributed by atoms with Gasteiger partial charge in [0.1, 0.15) is 0 Å². The first-order chi connectivity index (χ1) is 11.2. The fourth-order valence-electron chi connectivity index (χ4n) is 4.47. The van der Waals surface area contributed by atoms with E-state index in [0.29, 0.717) is 12.3 Å². The van der Waals surface area contributed by atoms with E-state index in [-0.39, 0.29) is 17.2 Å². The molecule has 4 nitrogen and oxygen atoms in total. The van der Waals surface area contributed by atoms with Gasteiger partial charge in [-0.15, -0.1) is 0 Å². The molecule has 3 aliphatic rings. The van der Waals surface area contributed by atoms with E-state index in [4.69, 9.17) is 0 Å². The van der Waals surface area contributed by atoms with Crippen molar-refractivity contribution < 1.29 is 9.59 Å². The number of fused-ring (bicyclic) bond motifs is 1. The van der Waals surface area contributed by atoms with Crippen LogP contribution in [0, 0.1) is 11.3 Å². The molecular weight excluding hydrogens is 288 g/mol. The normalized spacial score (nSPS) is 26.0. The van der Waals surface area contributed by atoms with Crippen LogP contribution >= 0.6 is 0 Å². The standard InChI is InChI=1S/C19H24N2O2/c22-17-12-19(13-20-17)7-9-21(10-8-19)18(23)16-6-5-14-3-1-2-4-15(14)11-16/h1-4,16H,5-13H2,(H,20,22). The second-order valence-corrected chi connectivity index (χ2v) is 7.49. The Balaban J connectivity index is 1.38. The number of aryl methyl sites for hydroxylation is 1. The third kappa shape index (κ3) is 2.75. The summed E-state index contributed by atoms with van der Waals surface area (Å²) < 4.78 is 0. The highest BCUT2D eigenvalue weighted by Gasteiger charge is 2.42. The molecule has 0 saturated carbocycles. The first-order valence-corrected chi connectivity index (χ1v) is 8.78. The zero-order chi connectivity index (χ0) is 15.9. The Hall–Kier alpha value is -1.84. The number of likely N-dealkylation sites (tertiary alicyclic amines) is 1. The Kier molecular flexibility index (Phi) is 3.63. The van der Waals surface area contributed by atoms with E-state index in [1.807, 2.05) is 4.90 Å². The monoisotopic (exact) mass is 312 g/mol. The summed E-state index contributed by atoms with van der Waals surface area (Å²) in [6.45, 7) is 2.42. The molecule has 2 fully saturated rings. The lowest BCUT2D eigenvalue weighted by Crippen LogP contribution is -2.46. The molecule has 2 amide bonds. The first-order valence-electron chi connectivity index (χ1n) is 8.78. The number of rotatable bonds is 1. The number of amides is 2. The minimum Gasteiger partial charge on any atom is -0.356 e. The summed E-state index contributed by atoms with van der Waals surface area (Å²) in [6.07, 6.45) is 5.43. The lowest BCUT2D eigenvalue weighted by atomic mass is 9.77. The molecule has 1 atom stereocenters. The molecule has 4 rings (SSSR count). The maximum atomic E-state index is 12.9. The SMILES string of the molecule is O=C1CC2(CCN(C(=O)C3CCc4ccccc4C3)CC2)CN1. The van der Waals surface area contributed by atoms with Gasteiger partial charge >= 0.3 is 0 Å². The number of hydrogen-bond donors (Lipinski definition) is 1. The first kappa shape index (κ1) is 14.7. The van der Waals surface area contributed by atoms with E-state index >= 15 is 0 Å². The molecule has 1 aliphatic carbocycles. The van der Waals surface area contributed by atoms with Gasteiger partial charge in [-0.25, -0.2) is 0 Å². The van der Waals surface area contributed by atoms with Gasteiger partial charge in [-0.3, -0.25) is 9.59 Å². The quantitative estimate of drug-likeness (QED) is 0.861. The van der Waals surface area contributed by atoms with Crippen LogP contribution in [-0.2, 0) is 22.4 Å². The molecule has 0 radical (unpaired) electrons. The fraction of sp³-hybridized carbons (Fsp3) is 0.579. The van der Waals surface area contributed by atoms with Crippen molar-refractivity contribution in [2.45, 2.75) is 38.5 Å².